The van der Waals surface area contributed by atoms with Crippen molar-refractivity contribution in [2.45, 2.75) is 13.3 Å². The lowest BCUT2D eigenvalue weighted by Gasteiger charge is -2.18. The predicted molar refractivity (Wildman–Crippen MR) is 72.5 cm³/mol. The average molecular weight is 266 g/mol. The predicted octanol–water partition coefficient (Wildman–Crippen LogP) is 1.24. The molecule has 1 aromatic heterocycles. The van der Waals surface area contributed by atoms with E-state index < -0.39 is 4.92 Å². The summed E-state index contributed by atoms with van der Waals surface area (Å²) in [5.41, 5.74) is 0.0141. The molecule has 2 N–H and O–H groups in total. The van der Waals surface area contributed by atoms with Gasteiger partial charge in [0.15, 0.2) is 0 Å². The third-order valence-electron chi connectivity index (χ3n) is 3.25. The number of aliphatic hydroxyl groups excluding tert-OH is 1. The lowest BCUT2D eigenvalue weighted by atomic mass is 10.1. The number of nitrogens with zero attached hydrogens (tertiary/aromatic N) is 3. The number of hydrogen-bond acceptors (Lipinski definition) is 6. The number of aliphatic hydroxyl groups is 1. The number of pyridine rings is 1. The number of hydrogen-bond donors (Lipinski definition) is 2. The van der Waals surface area contributed by atoms with Crippen molar-refractivity contribution in [3.05, 3.63) is 22.2 Å². The normalized spacial score (nSPS) is 18.6. The molecule has 2 heterocycles. The fourth-order valence-corrected chi connectivity index (χ4v) is 2.27. The van der Waals surface area contributed by atoms with Crippen molar-refractivity contribution in [3.8, 4) is 0 Å². The molecule has 19 heavy (non-hydrogen) atoms. The Morgan fingerprint density at radius 2 is 2.42 bits per heavy atom. The van der Waals surface area contributed by atoms with Gasteiger partial charge in [-0.15, -0.1) is 0 Å². The number of nitro groups is 1. The third kappa shape index (κ3) is 2.93. The van der Waals surface area contributed by atoms with E-state index >= 15 is 0 Å². The van der Waals surface area contributed by atoms with E-state index in [0.29, 0.717) is 31.3 Å². The van der Waals surface area contributed by atoms with Gasteiger partial charge in [0, 0.05) is 38.2 Å². The quantitative estimate of drug-likeness (QED) is 0.615. The molecule has 1 aliphatic heterocycles. The van der Waals surface area contributed by atoms with Gasteiger partial charge in [0.25, 0.3) is 0 Å². The van der Waals surface area contributed by atoms with Gasteiger partial charge in [-0.3, -0.25) is 10.1 Å². The molecule has 1 fully saturated rings. The van der Waals surface area contributed by atoms with Crippen molar-refractivity contribution in [1.82, 2.24) is 4.98 Å². The molecular formula is C12H18N4O3. The molecule has 0 aliphatic carbocycles. The molecular weight excluding hydrogens is 248 g/mol. The van der Waals surface area contributed by atoms with Crippen molar-refractivity contribution >= 4 is 17.3 Å². The van der Waals surface area contributed by atoms with Gasteiger partial charge in [-0.2, -0.15) is 0 Å². The smallest absolute Gasteiger partial charge is 0.311 e. The van der Waals surface area contributed by atoms with Gasteiger partial charge >= 0.3 is 5.69 Å². The summed E-state index contributed by atoms with van der Waals surface area (Å²) in [6.07, 6.45) is 0.834. The number of anilines is 2. The first-order chi connectivity index (χ1) is 9.15. The van der Waals surface area contributed by atoms with Gasteiger partial charge in [0.1, 0.15) is 5.82 Å². The molecule has 7 heteroatoms. The molecule has 1 aliphatic rings. The second-order valence-corrected chi connectivity index (χ2v) is 4.61. The van der Waals surface area contributed by atoms with Crippen LogP contribution in [-0.2, 0) is 0 Å². The second-order valence-electron chi connectivity index (χ2n) is 4.61. The van der Waals surface area contributed by atoms with Gasteiger partial charge in [0.2, 0.25) is 5.82 Å². The van der Waals surface area contributed by atoms with E-state index in [4.69, 9.17) is 5.11 Å². The monoisotopic (exact) mass is 266 g/mol. The topological polar surface area (TPSA) is 91.5 Å². The zero-order valence-corrected chi connectivity index (χ0v) is 10.9. The third-order valence-corrected chi connectivity index (χ3v) is 3.25. The average Bonchev–Trinajstić information content (AvgIpc) is 2.87. The second kappa shape index (κ2) is 5.83. The van der Waals surface area contributed by atoms with Crippen LogP contribution in [0.1, 0.15) is 13.3 Å². The Hall–Kier alpha value is -1.89. The summed E-state index contributed by atoms with van der Waals surface area (Å²) in [6, 6.07) is 3.09. The van der Waals surface area contributed by atoms with Gasteiger partial charge in [-0.05, 0) is 19.4 Å². The number of aromatic nitrogens is 1. The molecule has 1 atom stereocenters. The van der Waals surface area contributed by atoms with E-state index in [2.05, 4.69) is 10.3 Å². The van der Waals surface area contributed by atoms with Crippen molar-refractivity contribution < 1.29 is 10.0 Å². The van der Waals surface area contributed by atoms with E-state index in [1.807, 2.05) is 11.8 Å². The molecule has 104 valence electrons. The standard InChI is InChI=1S/C12H18N4O3/c1-2-13-11-4-3-10(16(18)19)12(14-11)15-6-5-9(7-15)8-17/h3-4,9,17H,2,5-8H2,1H3,(H,13,14). The Kier molecular flexibility index (Phi) is 4.16. The molecule has 0 radical (unpaired) electrons. The van der Waals surface area contributed by atoms with Crippen LogP contribution in [0.3, 0.4) is 0 Å². The molecule has 7 nitrogen and oxygen atoms in total. The van der Waals surface area contributed by atoms with Crippen LogP contribution in [0, 0.1) is 16.0 Å². The molecule has 0 bridgehead atoms. The van der Waals surface area contributed by atoms with Crippen molar-refractivity contribution in [3.63, 3.8) is 0 Å². The first kappa shape index (κ1) is 13.5. The Balaban J connectivity index is 2.30. The van der Waals surface area contributed by atoms with Crippen molar-refractivity contribution in [1.29, 1.82) is 0 Å². The Morgan fingerprint density at radius 3 is 3.00 bits per heavy atom. The van der Waals surface area contributed by atoms with E-state index in [9.17, 15) is 10.1 Å². The largest absolute Gasteiger partial charge is 0.396 e. The summed E-state index contributed by atoms with van der Waals surface area (Å²) >= 11 is 0. The minimum atomic E-state index is -0.412. The summed E-state index contributed by atoms with van der Waals surface area (Å²) < 4.78 is 0. The lowest BCUT2D eigenvalue weighted by Crippen LogP contribution is -2.23. The Morgan fingerprint density at radius 1 is 1.63 bits per heavy atom. The summed E-state index contributed by atoms with van der Waals surface area (Å²) in [7, 11) is 0. The highest BCUT2D eigenvalue weighted by Crippen LogP contribution is 2.31. The van der Waals surface area contributed by atoms with Crippen LogP contribution >= 0.6 is 0 Å². The number of rotatable bonds is 5. The molecule has 0 saturated carbocycles. The molecule has 0 spiro atoms. The zero-order valence-electron chi connectivity index (χ0n) is 10.9. The fraction of sp³-hybridized carbons (Fsp3) is 0.583. The van der Waals surface area contributed by atoms with Crippen LogP contribution in [0.25, 0.3) is 0 Å². The highest BCUT2D eigenvalue weighted by Gasteiger charge is 2.28. The van der Waals surface area contributed by atoms with Crippen LogP contribution in [-0.4, -0.2) is 41.3 Å². The maximum absolute atomic E-state index is 11.1. The summed E-state index contributed by atoms with van der Waals surface area (Å²) in [5, 5.41) is 23.3. The van der Waals surface area contributed by atoms with Gasteiger partial charge in [-0.25, -0.2) is 4.98 Å². The fourth-order valence-electron chi connectivity index (χ4n) is 2.27. The number of nitrogens with one attached hydrogen (secondary N) is 1. The first-order valence-electron chi connectivity index (χ1n) is 6.40. The molecule has 1 aromatic rings. The summed E-state index contributed by atoms with van der Waals surface area (Å²) in [4.78, 5) is 16.9. The van der Waals surface area contributed by atoms with Crippen LogP contribution in [0.2, 0.25) is 0 Å². The summed E-state index contributed by atoms with van der Waals surface area (Å²) in [6.45, 7) is 4.07. The van der Waals surface area contributed by atoms with E-state index in [1.165, 1.54) is 6.07 Å². The maximum atomic E-state index is 11.1. The highest BCUT2D eigenvalue weighted by molar-refractivity contribution is 5.62. The molecule has 1 saturated heterocycles. The van der Waals surface area contributed by atoms with E-state index in [1.54, 1.807) is 6.07 Å². The molecule has 2 rings (SSSR count). The lowest BCUT2D eigenvalue weighted by molar-refractivity contribution is -0.384. The minimum Gasteiger partial charge on any atom is -0.396 e. The van der Waals surface area contributed by atoms with Crippen LogP contribution < -0.4 is 10.2 Å². The molecule has 0 aromatic carbocycles. The van der Waals surface area contributed by atoms with Gasteiger partial charge in [0.05, 0.1) is 4.92 Å². The van der Waals surface area contributed by atoms with Crippen molar-refractivity contribution in [2.75, 3.05) is 36.5 Å². The Bertz CT molecular complexity index is 466. The zero-order chi connectivity index (χ0) is 13.8. The highest BCUT2D eigenvalue weighted by atomic mass is 16.6. The van der Waals surface area contributed by atoms with Crippen LogP contribution in [0.5, 0.6) is 0 Å². The van der Waals surface area contributed by atoms with Crippen LogP contribution in [0.4, 0.5) is 17.3 Å². The molecule has 0 amide bonds. The maximum Gasteiger partial charge on any atom is 0.311 e. The summed E-state index contributed by atoms with van der Waals surface area (Å²) in [5.74, 6) is 1.19. The van der Waals surface area contributed by atoms with E-state index in [-0.39, 0.29) is 18.2 Å². The van der Waals surface area contributed by atoms with Crippen LogP contribution in [0.15, 0.2) is 12.1 Å². The minimum absolute atomic E-state index is 0.0141. The van der Waals surface area contributed by atoms with Gasteiger partial charge in [-0.1, -0.05) is 0 Å². The van der Waals surface area contributed by atoms with Crippen molar-refractivity contribution in [2.24, 2.45) is 5.92 Å². The van der Waals surface area contributed by atoms with E-state index in [0.717, 1.165) is 6.42 Å². The molecule has 1 unspecified atom stereocenters. The first-order valence-corrected chi connectivity index (χ1v) is 6.40. The van der Waals surface area contributed by atoms with Gasteiger partial charge < -0.3 is 15.3 Å². The Labute approximate surface area is 111 Å². The SMILES string of the molecule is CCNc1ccc([N+](=O)[O-])c(N2CCC(CO)C2)n1.